The SMILES string of the molecule is CCCCCCCC/C=C\CCCCCC/C=C/O[C@H](COC(=O)CCC/C=C/C[C@@H]1[C@@H](/C=C/[C@@H](O)CCCCC)[C@H](O)C[C@@H]1O)COP(=O)([O-])OCC[N+](C)(C)C. The summed E-state index contributed by atoms with van der Waals surface area (Å²) in [5.41, 5.74) is 0. The number of aliphatic hydroxyl groups is 3. The van der Waals surface area contributed by atoms with Crippen molar-refractivity contribution in [3.8, 4) is 0 Å². The van der Waals surface area contributed by atoms with E-state index in [-0.39, 0.29) is 38.1 Å². The van der Waals surface area contributed by atoms with Crippen molar-refractivity contribution in [2.24, 2.45) is 11.8 Å². The number of carbonyl (C=O) groups excluding carboxylic acids is 1. The second-order valence-electron chi connectivity index (χ2n) is 17.1. The number of nitrogens with zero attached hydrogens (tertiary/aromatic N) is 1. The number of ether oxygens (including phenoxy) is 2. The van der Waals surface area contributed by atoms with Crippen LogP contribution in [0.5, 0.6) is 0 Å². The van der Waals surface area contributed by atoms with E-state index in [0.29, 0.717) is 43.1 Å². The van der Waals surface area contributed by atoms with E-state index in [0.717, 1.165) is 44.9 Å². The Kier molecular flexibility index (Phi) is 31.6. The first-order chi connectivity index (χ1) is 27.8. The molecule has 1 aliphatic carbocycles. The molecule has 0 aromatic rings. The second-order valence-corrected chi connectivity index (χ2v) is 18.5. The lowest BCUT2D eigenvalue weighted by molar-refractivity contribution is -0.870. The van der Waals surface area contributed by atoms with Crippen molar-refractivity contribution >= 4 is 13.8 Å². The highest BCUT2D eigenvalue weighted by Crippen LogP contribution is 2.38. The molecule has 0 amide bonds. The summed E-state index contributed by atoms with van der Waals surface area (Å²) in [6.07, 6.45) is 34.6. The third-order valence-electron chi connectivity index (χ3n) is 10.5. The molecule has 1 aliphatic rings. The Morgan fingerprint density at radius 2 is 1.36 bits per heavy atom. The van der Waals surface area contributed by atoms with Crippen LogP contribution in [-0.2, 0) is 27.9 Å². The predicted molar refractivity (Wildman–Crippen MR) is 233 cm³/mol. The van der Waals surface area contributed by atoms with E-state index >= 15 is 0 Å². The van der Waals surface area contributed by atoms with Crippen LogP contribution in [0.3, 0.4) is 0 Å². The molecular weight excluding hydrogens is 757 g/mol. The van der Waals surface area contributed by atoms with Gasteiger partial charge in [-0.2, -0.15) is 0 Å². The lowest BCUT2D eigenvalue weighted by Gasteiger charge is -2.28. The van der Waals surface area contributed by atoms with Crippen molar-refractivity contribution in [1.82, 2.24) is 0 Å². The Balaban J connectivity index is 2.48. The van der Waals surface area contributed by atoms with Gasteiger partial charge in [0.2, 0.25) is 0 Å². The van der Waals surface area contributed by atoms with Crippen molar-refractivity contribution < 1.29 is 52.6 Å². The quantitative estimate of drug-likeness (QED) is 0.0138. The molecule has 0 aromatic heterocycles. The number of hydrogen-bond acceptors (Lipinski definition) is 10. The van der Waals surface area contributed by atoms with Crippen LogP contribution in [0.4, 0.5) is 0 Å². The number of phosphoric ester groups is 1. The van der Waals surface area contributed by atoms with E-state index < -0.39 is 38.2 Å². The van der Waals surface area contributed by atoms with Gasteiger partial charge in [-0.25, -0.2) is 0 Å². The number of hydrogen-bond donors (Lipinski definition) is 3. The molecule has 12 heteroatoms. The van der Waals surface area contributed by atoms with Gasteiger partial charge in [-0.15, -0.1) is 0 Å². The molecule has 0 aromatic carbocycles. The molecule has 58 heavy (non-hydrogen) atoms. The monoisotopic (exact) mass is 842 g/mol. The first-order valence-corrected chi connectivity index (χ1v) is 24.1. The number of unbranched alkanes of at least 4 members (excludes halogenated alkanes) is 14. The number of likely N-dealkylation sites (N-methyl/N-ethyl adjacent to an activating group) is 1. The van der Waals surface area contributed by atoms with Crippen molar-refractivity contribution in [3.63, 3.8) is 0 Å². The van der Waals surface area contributed by atoms with Crippen LogP contribution in [0, 0.1) is 11.8 Å². The van der Waals surface area contributed by atoms with E-state index in [2.05, 4.69) is 26.0 Å². The summed E-state index contributed by atoms with van der Waals surface area (Å²) in [5, 5.41) is 31.3. The minimum Gasteiger partial charge on any atom is -0.756 e. The van der Waals surface area contributed by atoms with Crippen LogP contribution < -0.4 is 4.89 Å². The molecule has 338 valence electrons. The molecule has 0 radical (unpaired) electrons. The fourth-order valence-corrected chi connectivity index (χ4v) is 7.54. The van der Waals surface area contributed by atoms with Crippen LogP contribution in [-0.4, -0.2) is 97.7 Å². The first-order valence-electron chi connectivity index (χ1n) is 22.7. The number of allylic oxidation sites excluding steroid dienone is 5. The van der Waals surface area contributed by atoms with Crippen LogP contribution in [0.1, 0.15) is 155 Å². The summed E-state index contributed by atoms with van der Waals surface area (Å²) < 4.78 is 34.3. The molecular formula is C46H84NO10P. The number of rotatable bonds is 37. The molecule has 1 fully saturated rings. The average Bonchev–Trinajstić information content (AvgIpc) is 3.44. The summed E-state index contributed by atoms with van der Waals surface area (Å²) in [5.74, 6) is -0.797. The fraction of sp³-hybridized carbons (Fsp3) is 0.804. The van der Waals surface area contributed by atoms with Crippen LogP contribution in [0.2, 0.25) is 0 Å². The molecule has 3 N–H and O–H groups in total. The summed E-state index contributed by atoms with van der Waals surface area (Å²) in [6.45, 7) is 4.31. The van der Waals surface area contributed by atoms with Gasteiger partial charge in [0.1, 0.15) is 19.8 Å². The van der Waals surface area contributed by atoms with Gasteiger partial charge in [0.25, 0.3) is 7.82 Å². The molecule has 7 atom stereocenters. The molecule has 0 bridgehead atoms. The van der Waals surface area contributed by atoms with Gasteiger partial charge in [0, 0.05) is 18.8 Å². The molecule has 1 unspecified atom stereocenters. The highest BCUT2D eigenvalue weighted by Gasteiger charge is 2.39. The Hall–Kier alpha value is -1.82. The summed E-state index contributed by atoms with van der Waals surface area (Å²) in [4.78, 5) is 25.0. The van der Waals surface area contributed by atoms with Gasteiger partial charge < -0.3 is 43.2 Å². The topological polar surface area (TPSA) is 155 Å². The summed E-state index contributed by atoms with van der Waals surface area (Å²) in [7, 11) is 1.22. The van der Waals surface area contributed by atoms with E-state index in [4.69, 9.17) is 18.5 Å². The van der Waals surface area contributed by atoms with Crippen molar-refractivity contribution in [2.45, 2.75) is 180 Å². The number of carbonyl (C=O) groups is 1. The maximum absolute atomic E-state index is 12.6. The average molecular weight is 842 g/mol. The number of aliphatic hydroxyl groups excluding tert-OH is 3. The molecule has 0 heterocycles. The van der Waals surface area contributed by atoms with Crippen LogP contribution >= 0.6 is 7.82 Å². The van der Waals surface area contributed by atoms with Gasteiger partial charge in [-0.3, -0.25) is 9.36 Å². The van der Waals surface area contributed by atoms with Crippen LogP contribution in [0.15, 0.2) is 48.8 Å². The Bertz CT molecular complexity index is 1190. The number of quaternary nitrogens is 1. The van der Waals surface area contributed by atoms with E-state index in [1.165, 1.54) is 64.0 Å². The lowest BCUT2D eigenvalue weighted by Crippen LogP contribution is -2.37. The van der Waals surface area contributed by atoms with Crippen molar-refractivity contribution in [3.05, 3.63) is 48.8 Å². The van der Waals surface area contributed by atoms with Crippen LogP contribution in [0.25, 0.3) is 0 Å². The molecule has 1 rings (SSSR count). The minimum atomic E-state index is -4.58. The summed E-state index contributed by atoms with van der Waals surface area (Å²) >= 11 is 0. The first kappa shape index (κ1) is 54.2. The Labute approximate surface area is 353 Å². The van der Waals surface area contributed by atoms with Gasteiger partial charge in [0.15, 0.2) is 6.10 Å². The van der Waals surface area contributed by atoms with Crippen molar-refractivity contribution in [1.29, 1.82) is 0 Å². The second kappa shape index (κ2) is 33.8. The van der Waals surface area contributed by atoms with E-state index in [1.54, 1.807) is 6.08 Å². The smallest absolute Gasteiger partial charge is 0.305 e. The minimum absolute atomic E-state index is 0.0151. The Morgan fingerprint density at radius 3 is 2.02 bits per heavy atom. The maximum atomic E-state index is 12.6. The number of phosphoric acid groups is 1. The molecule has 1 saturated carbocycles. The molecule has 0 saturated heterocycles. The standard InChI is InChI=1S/C46H84NO10P/c1-6-8-10-11-12-13-14-15-16-17-18-19-20-21-24-28-35-54-41(39-57-58(52,53)56-36-34-47(3,4)5)38-55-46(51)31-27-23-22-26-30-42-43(45(50)37-44(42)49)33-32-40(48)29-25-9-7-2/h15-16,22,26,28,32-33,35,40-45,48-50H,6-14,17-21,23-25,27,29-31,34,36-39H2,1-5H3/b16-15-,26-22+,33-32+,35-28+/t40-,41+,42+,43+,44-,45+/m0/s1. The largest absolute Gasteiger partial charge is 0.756 e. The van der Waals surface area contributed by atoms with Crippen molar-refractivity contribution in [2.75, 3.05) is 47.5 Å². The zero-order chi connectivity index (χ0) is 42.9. The fourth-order valence-electron chi connectivity index (χ4n) is 6.81. The zero-order valence-corrected chi connectivity index (χ0v) is 38.0. The zero-order valence-electron chi connectivity index (χ0n) is 37.1. The highest BCUT2D eigenvalue weighted by molar-refractivity contribution is 7.45. The highest BCUT2D eigenvalue weighted by atomic mass is 31.2. The third-order valence-corrected chi connectivity index (χ3v) is 11.5. The van der Waals surface area contributed by atoms with Gasteiger partial charge in [-0.05, 0) is 76.2 Å². The molecule has 11 nitrogen and oxygen atoms in total. The predicted octanol–water partition coefficient (Wildman–Crippen LogP) is 9.26. The van der Waals surface area contributed by atoms with E-state index in [1.807, 2.05) is 45.4 Å². The molecule has 0 aliphatic heterocycles. The lowest BCUT2D eigenvalue weighted by atomic mass is 9.89. The molecule has 0 spiro atoms. The van der Waals surface area contributed by atoms with E-state index in [9.17, 15) is 29.6 Å². The summed E-state index contributed by atoms with van der Waals surface area (Å²) in [6, 6.07) is 0. The van der Waals surface area contributed by atoms with Gasteiger partial charge in [-0.1, -0.05) is 115 Å². The maximum Gasteiger partial charge on any atom is 0.305 e. The Morgan fingerprint density at radius 1 is 0.776 bits per heavy atom. The normalized spacial score (nSPS) is 21.1. The number of esters is 1. The third kappa shape index (κ3) is 30.2. The van der Waals surface area contributed by atoms with Gasteiger partial charge >= 0.3 is 5.97 Å². The van der Waals surface area contributed by atoms with Gasteiger partial charge in [0.05, 0.1) is 52.3 Å².